The molecule has 1 aromatic heterocycles. The molecule has 5 nitrogen and oxygen atoms in total. The number of aromatic nitrogens is 2. The van der Waals surface area contributed by atoms with E-state index in [1.165, 1.54) is 20.4 Å². The maximum Gasteiger partial charge on any atom is 0.240 e. The summed E-state index contributed by atoms with van der Waals surface area (Å²) in [6, 6.07) is 7.32. The number of benzene rings is 1. The molecule has 0 fully saturated rings. The van der Waals surface area contributed by atoms with Crippen LogP contribution in [0, 0.1) is 0 Å². The molecule has 0 bridgehead atoms. The lowest BCUT2D eigenvalue weighted by molar-refractivity contribution is 0.355. The van der Waals surface area contributed by atoms with Crippen LogP contribution in [-0.2, 0) is 0 Å². The van der Waals surface area contributed by atoms with Gasteiger partial charge >= 0.3 is 0 Å². The van der Waals surface area contributed by atoms with Crippen LogP contribution in [-0.4, -0.2) is 24.2 Å². The molecule has 0 saturated heterocycles. The van der Waals surface area contributed by atoms with Gasteiger partial charge in [0.05, 0.1) is 26.5 Å². The fraction of sp³-hybridized carbons (Fsp3) is 0.231. The summed E-state index contributed by atoms with van der Waals surface area (Å²) in [6.45, 7) is 0. The third-order valence-corrected chi connectivity index (χ3v) is 3.20. The van der Waals surface area contributed by atoms with E-state index in [4.69, 9.17) is 15.2 Å². The molecule has 100 valence electrons. The van der Waals surface area contributed by atoms with Gasteiger partial charge in [-0.2, -0.15) is 4.98 Å². The molecular formula is C13H14BrN3O2. The average molecular weight is 324 g/mol. The van der Waals surface area contributed by atoms with E-state index in [0.717, 1.165) is 10.0 Å². The number of nitrogens with two attached hydrogens (primary N) is 1. The topological polar surface area (TPSA) is 70.3 Å². The summed E-state index contributed by atoms with van der Waals surface area (Å²) >= 11 is 3.39. The van der Waals surface area contributed by atoms with Crippen molar-refractivity contribution < 1.29 is 9.47 Å². The lowest BCUT2D eigenvalue weighted by Crippen LogP contribution is -2.15. The van der Waals surface area contributed by atoms with Gasteiger partial charge in [0, 0.05) is 4.47 Å². The van der Waals surface area contributed by atoms with Crippen molar-refractivity contribution in [2.45, 2.75) is 6.04 Å². The Hall–Kier alpha value is -1.66. The van der Waals surface area contributed by atoms with Crippen LogP contribution in [0.4, 0.5) is 0 Å². The van der Waals surface area contributed by atoms with E-state index in [9.17, 15) is 0 Å². The molecule has 0 aliphatic carbocycles. The van der Waals surface area contributed by atoms with E-state index in [2.05, 4.69) is 25.9 Å². The largest absolute Gasteiger partial charge is 0.480 e. The van der Waals surface area contributed by atoms with Crippen LogP contribution >= 0.6 is 15.9 Å². The summed E-state index contributed by atoms with van der Waals surface area (Å²) < 4.78 is 11.2. The van der Waals surface area contributed by atoms with Crippen molar-refractivity contribution in [2.24, 2.45) is 5.73 Å². The van der Waals surface area contributed by atoms with Crippen LogP contribution in [0.2, 0.25) is 0 Å². The second kappa shape index (κ2) is 5.99. The highest BCUT2D eigenvalue weighted by molar-refractivity contribution is 9.10. The normalized spacial score (nSPS) is 12.0. The second-order valence-corrected chi connectivity index (χ2v) is 4.75. The minimum atomic E-state index is -0.401. The predicted octanol–water partition coefficient (Wildman–Crippen LogP) is 2.30. The van der Waals surface area contributed by atoms with Gasteiger partial charge in [0.1, 0.15) is 5.69 Å². The van der Waals surface area contributed by atoms with Crippen molar-refractivity contribution in [1.82, 2.24) is 9.97 Å². The zero-order valence-corrected chi connectivity index (χ0v) is 12.2. The van der Waals surface area contributed by atoms with Gasteiger partial charge in [0.15, 0.2) is 0 Å². The van der Waals surface area contributed by atoms with Crippen molar-refractivity contribution in [3.63, 3.8) is 0 Å². The van der Waals surface area contributed by atoms with Crippen LogP contribution in [0.3, 0.4) is 0 Å². The van der Waals surface area contributed by atoms with Crippen LogP contribution in [0.15, 0.2) is 34.9 Å². The highest BCUT2D eigenvalue weighted by Gasteiger charge is 2.17. The summed E-state index contributed by atoms with van der Waals surface area (Å²) in [4.78, 5) is 8.45. The van der Waals surface area contributed by atoms with Crippen LogP contribution < -0.4 is 15.2 Å². The zero-order chi connectivity index (χ0) is 13.8. The molecule has 0 radical (unpaired) electrons. The Bertz CT molecular complexity index is 560. The number of hydrogen-bond donors (Lipinski definition) is 1. The van der Waals surface area contributed by atoms with Gasteiger partial charge in [-0.15, -0.1) is 0 Å². The molecule has 0 aliphatic rings. The quantitative estimate of drug-likeness (QED) is 0.934. The lowest BCUT2D eigenvalue weighted by atomic mass is 10.1. The Kier molecular flexibility index (Phi) is 4.34. The molecule has 1 heterocycles. The number of ether oxygens (including phenoxy) is 2. The summed E-state index contributed by atoms with van der Waals surface area (Å²) in [6.07, 6.45) is 1.52. The molecule has 6 heteroatoms. The van der Waals surface area contributed by atoms with Crippen molar-refractivity contribution in [2.75, 3.05) is 14.2 Å². The van der Waals surface area contributed by atoms with E-state index in [1.807, 2.05) is 24.3 Å². The predicted molar refractivity (Wildman–Crippen MR) is 75.3 cm³/mol. The molecule has 1 unspecified atom stereocenters. The first-order chi connectivity index (χ1) is 9.15. The Morgan fingerprint density at radius 2 is 1.84 bits per heavy atom. The van der Waals surface area contributed by atoms with Gasteiger partial charge in [0.2, 0.25) is 11.8 Å². The van der Waals surface area contributed by atoms with Crippen LogP contribution in [0.5, 0.6) is 11.8 Å². The summed E-state index contributed by atoms with van der Waals surface area (Å²) in [5.41, 5.74) is 7.70. The van der Waals surface area contributed by atoms with E-state index in [0.29, 0.717) is 17.5 Å². The first-order valence-corrected chi connectivity index (χ1v) is 6.41. The summed E-state index contributed by atoms with van der Waals surface area (Å²) in [5.74, 6) is 0.762. The maximum absolute atomic E-state index is 6.20. The van der Waals surface area contributed by atoms with Gasteiger partial charge in [0.25, 0.3) is 0 Å². The Balaban J connectivity index is 2.37. The van der Waals surface area contributed by atoms with E-state index >= 15 is 0 Å². The molecule has 0 aliphatic heterocycles. The molecule has 1 aromatic carbocycles. The van der Waals surface area contributed by atoms with Crippen molar-refractivity contribution in [1.29, 1.82) is 0 Å². The molecule has 19 heavy (non-hydrogen) atoms. The van der Waals surface area contributed by atoms with Crippen LogP contribution in [0.1, 0.15) is 17.3 Å². The number of halogens is 1. The van der Waals surface area contributed by atoms with E-state index < -0.39 is 6.04 Å². The van der Waals surface area contributed by atoms with Crippen molar-refractivity contribution in [3.05, 3.63) is 46.2 Å². The third kappa shape index (κ3) is 3.02. The van der Waals surface area contributed by atoms with Crippen molar-refractivity contribution >= 4 is 15.9 Å². The minimum Gasteiger partial charge on any atom is -0.480 e. The molecule has 2 N–H and O–H groups in total. The number of methoxy groups -OCH3 is 2. The smallest absolute Gasteiger partial charge is 0.240 e. The van der Waals surface area contributed by atoms with E-state index in [1.54, 1.807) is 0 Å². The molecule has 0 spiro atoms. The van der Waals surface area contributed by atoms with Gasteiger partial charge in [-0.25, -0.2) is 4.98 Å². The van der Waals surface area contributed by atoms with Crippen molar-refractivity contribution in [3.8, 4) is 11.8 Å². The van der Waals surface area contributed by atoms with E-state index in [-0.39, 0.29) is 0 Å². The highest BCUT2D eigenvalue weighted by Crippen LogP contribution is 2.27. The fourth-order valence-electron chi connectivity index (χ4n) is 1.66. The number of nitrogens with zero attached hydrogens (tertiary/aromatic N) is 2. The molecular weight excluding hydrogens is 310 g/mol. The van der Waals surface area contributed by atoms with Gasteiger partial charge in [-0.3, -0.25) is 0 Å². The first kappa shape index (κ1) is 13.8. The lowest BCUT2D eigenvalue weighted by Gasteiger charge is -2.14. The minimum absolute atomic E-state index is 0.370. The fourth-order valence-corrected chi connectivity index (χ4v) is 1.92. The monoisotopic (exact) mass is 323 g/mol. The zero-order valence-electron chi connectivity index (χ0n) is 10.6. The SMILES string of the molecule is COc1cnc(C(N)c2ccc(Br)cc2)c(OC)n1. The van der Waals surface area contributed by atoms with Gasteiger partial charge < -0.3 is 15.2 Å². The molecule has 1 atom stereocenters. The highest BCUT2D eigenvalue weighted by atomic mass is 79.9. The average Bonchev–Trinajstić information content (AvgIpc) is 2.46. The first-order valence-electron chi connectivity index (χ1n) is 5.61. The number of hydrogen-bond acceptors (Lipinski definition) is 5. The maximum atomic E-state index is 6.20. The third-order valence-electron chi connectivity index (χ3n) is 2.67. The molecule has 2 aromatic rings. The molecule has 2 rings (SSSR count). The van der Waals surface area contributed by atoms with Gasteiger partial charge in [-0.1, -0.05) is 28.1 Å². The van der Waals surface area contributed by atoms with Crippen LogP contribution in [0.25, 0.3) is 0 Å². The Morgan fingerprint density at radius 1 is 1.16 bits per heavy atom. The summed E-state index contributed by atoms with van der Waals surface area (Å²) in [7, 11) is 3.05. The number of rotatable bonds is 4. The molecule has 0 amide bonds. The molecule has 0 saturated carbocycles. The Morgan fingerprint density at radius 3 is 2.42 bits per heavy atom. The second-order valence-electron chi connectivity index (χ2n) is 3.84. The standard InChI is InChI=1S/C13H14BrN3O2/c1-18-10-7-16-12(13(17-10)19-2)11(15)8-3-5-9(14)6-4-8/h3-7,11H,15H2,1-2H3. The summed E-state index contributed by atoms with van der Waals surface area (Å²) in [5, 5.41) is 0. The Labute approximate surface area is 119 Å². The van der Waals surface area contributed by atoms with Gasteiger partial charge in [-0.05, 0) is 17.7 Å².